The van der Waals surface area contributed by atoms with Gasteiger partial charge in [-0.15, -0.1) is 0 Å². The van der Waals surface area contributed by atoms with Crippen LogP contribution < -0.4 is 5.73 Å². The number of pyridine rings is 1. The third-order valence-corrected chi connectivity index (χ3v) is 5.15. The van der Waals surface area contributed by atoms with Crippen LogP contribution >= 0.6 is 47.8 Å². The summed E-state index contributed by atoms with van der Waals surface area (Å²) in [5, 5.41) is 0. The van der Waals surface area contributed by atoms with E-state index in [1.165, 1.54) is 0 Å². The molecule has 24 heavy (non-hydrogen) atoms. The van der Waals surface area contributed by atoms with Gasteiger partial charge in [0.2, 0.25) is 0 Å². The molecule has 0 saturated carbocycles. The SMILES string of the molecule is NC(=O)c1c(-c2ccc(Br)cc2)cc(-c2ccc(Br)cc2)nc1Br. The second-order valence-corrected chi connectivity index (χ2v) is 7.68. The fraction of sp³-hybridized carbons (Fsp3) is 0. The number of benzene rings is 2. The quantitative estimate of drug-likeness (QED) is 0.453. The molecule has 0 atom stereocenters. The van der Waals surface area contributed by atoms with Gasteiger partial charge in [-0.2, -0.15) is 0 Å². The Kier molecular flexibility index (Phi) is 5.18. The molecule has 3 rings (SSSR count). The minimum Gasteiger partial charge on any atom is -0.365 e. The third kappa shape index (κ3) is 3.61. The third-order valence-electron chi connectivity index (χ3n) is 3.52. The molecule has 0 aliphatic carbocycles. The largest absolute Gasteiger partial charge is 0.365 e. The van der Waals surface area contributed by atoms with E-state index in [9.17, 15) is 4.79 Å². The van der Waals surface area contributed by atoms with Crippen LogP contribution in [-0.2, 0) is 0 Å². The number of carbonyl (C=O) groups excluding carboxylic acids is 1. The van der Waals surface area contributed by atoms with Crippen LogP contribution in [0, 0.1) is 0 Å². The van der Waals surface area contributed by atoms with Crippen LogP contribution in [0.1, 0.15) is 10.4 Å². The smallest absolute Gasteiger partial charge is 0.252 e. The van der Waals surface area contributed by atoms with Crippen LogP contribution in [0.15, 0.2) is 68.1 Å². The summed E-state index contributed by atoms with van der Waals surface area (Å²) in [6.07, 6.45) is 0. The van der Waals surface area contributed by atoms with E-state index in [2.05, 4.69) is 52.8 Å². The number of hydrogen-bond acceptors (Lipinski definition) is 2. The molecule has 0 aliphatic rings. The molecule has 3 aromatic rings. The van der Waals surface area contributed by atoms with Crippen molar-refractivity contribution in [3.8, 4) is 22.4 Å². The molecule has 0 fully saturated rings. The molecular weight excluding hydrogens is 500 g/mol. The Morgan fingerprint density at radius 2 is 1.33 bits per heavy atom. The number of aromatic nitrogens is 1. The van der Waals surface area contributed by atoms with Crippen LogP contribution in [0.2, 0.25) is 0 Å². The van der Waals surface area contributed by atoms with Crippen molar-refractivity contribution in [1.29, 1.82) is 0 Å². The highest BCUT2D eigenvalue weighted by atomic mass is 79.9. The highest BCUT2D eigenvalue weighted by Crippen LogP contribution is 2.33. The molecule has 1 heterocycles. The standard InChI is InChI=1S/C18H11Br3N2O/c19-12-5-1-10(2-6-12)14-9-15(11-3-7-13(20)8-4-11)23-17(21)16(14)18(22)24/h1-9H,(H2,22,24). The predicted molar refractivity (Wildman–Crippen MR) is 107 cm³/mol. The summed E-state index contributed by atoms with van der Waals surface area (Å²) in [7, 11) is 0. The molecule has 120 valence electrons. The summed E-state index contributed by atoms with van der Waals surface area (Å²) in [6, 6.07) is 17.4. The molecule has 0 spiro atoms. The Hall–Kier alpha value is -1.50. The number of nitrogens with two attached hydrogens (primary N) is 1. The zero-order valence-electron chi connectivity index (χ0n) is 12.3. The van der Waals surface area contributed by atoms with E-state index in [1.54, 1.807) is 0 Å². The van der Waals surface area contributed by atoms with Gasteiger partial charge in [0.15, 0.2) is 0 Å². The second kappa shape index (κ2) is 7.17. The zero-order valence-corrected chi connectivity index (χ0v) is 17.0. The highest BCUT2D eigenvalue weighted by molar-refractivity contribution is 9.11. The van der Waals surface area contributed by atoms with Gasteiger partial charge in [-0.1, -0.05) is 56.1 Å². The van der Waals surface area contributed by atoms with E-state index in [-0.39, 0.29) is 0 Å². The van der Waals surface area contributed by atoms with Gasteiger partial charge in [-0.05, 0) is 57.4 Å². The molecule has 0 saturated heterocycles. The van der Waals surface area contributed by atoms with Crippen molar-refractivity contribution in [3.63, 3.8) is 0 Å². The van der Waals surface area contributed by atoms with Crippen molar-refractivity contribution in [1.82, 2.24) is 4.98 Å². The Morgan fingerprint density at radius 3 is 1.83 bits per heavy atom. The van der Waals surface area contributed by atoms with E-state index < -0.39 is 5.91 Å². The van der Waals surface area contributed by atoms with E-state index in [0.717, 1.165) is 31.3 Å². The lowest BCUT2D eigenvalue weighted by molar-refractivity contribution is 0.1000. The first-order valence-corrected chi connectivity index (χ1v) is 9.36. The van der Waals surface area contributed by atoms with Crippen LogP contribution in [0.4, 0.5) is 0 Å². The Balaban J connectivity index is 2.22. The summed E-state index contributed by atoms with van der Waals surface area (Å²) >= 11 is 10.2. The average Bonchev–Trinajstić information content (AvgIpc) is 2.55. The second-order valence-electron chi connectivity index (χ2n) is 5.10. The topological polar surface area (TPSA) is 56.0 Å². The van der Waals surface area contributed by atoms with Crippen molar-refractivity contribution in [2.75, 3.05) is 0 Å². The number of nitrogens with zero attached hydrogens (tertiary/aromatic N) is 1. The van der Waals surface area contributed by atoms with Gasteiger partial charge < -0.3 is 5.73 Å². The van der Waals surface area contributed by atoms with Crippen LogP contribution in [0.3, 0.4) is 0 Å². The fourth-order valence-electron chi connectivity index (χ4n) is 2.37. The van der Waals surface area contributed by atoms with Gasteiger partial charge in [-0.3, -0.25) is 4.79 Å². The lowest BCUT2D eigenvalue weighted by Gasteiger charge is -2.12. The Bertz CT molecular complexity index is 907. The molecule has 6 heteroatoms. The maximum absolute atomic E-state index is 11.9. The molecule has 2 aromatic carbocycles. The summed E-state index contributed by atoms with van der Waals surface area (Å²) in [5.41, 5.74) is 9.30. The molecule has 0 unspecified atom stereocenters. The van der Waals surface area contributed by atoms with Crippen molar-refractivity contribution in [3.05, 3.63) is 73.7 Å². The fourth-order valence-corrected chi connectivity index (χ4v) is 3.50. The lowest BCUT2D eigenvalue weighted by atomic mass is 9.98. The first kappa shape index (κ1) is 17.3. The lowest BCUT2D eigenvalue weighted by Crippen LogP contribution is -2.14. The molecule has 0 aliphatic heterocycles. The summed E-state index contributed by atoms with van der Waals surface area (Å²) in [5.74, 6) is -0.519. The van der Waals surface area contributed by atoms with Gasteiger partial charge in [-0.25, -0.2) is 4.98 Å². The van der Waals surface area contributed by atoms with Gasteiger partial charge in [0, 0.05) is 14.5 Å². The number of hydrogen-bond donors (Lipinski definition) is 1. The zero-order chi connectivity index (χ0) is 17.3. The van der Waals surface area contributed by atoms with Gasteiger partial charge in [0.25, 0.3) is 5.91 Å². The summed E-state index contributed by atoms with van der Waals surface area (Å²) in [6.45, 7) is 0. The monoisotopic (exact) mass is 508 g/mol. The van der Waals surface area contributed by atoms with Crippen molar-refractivity contribution in [2.45, 2.75) is 0 Å². The normalized spacial score (nSPS) is 10.6. The predicted octanol–water partition coefficient (Wildman–Crippen LogP) is 5.80. The number of primary amides is 1. The minimum atomic E-state index is -0.519. The maximum Gasteiger partial charge on any atom is 0.252 e. The van der Waals surface area contributed by atoms with Crippen molar-refractivity contribution < 1.29 is 4.79 Å². The molecule has 0 radical (unpaired) electrons. The maximum atomic E-state index is 11.9. The van der Waals surface area contributed by atoms with Crippen LogP contribution in [-0.4, -0.2) is 10.9 Å². The molecule has 1 amide bonds. The minimum absolute atomic E-state index is 0.373. The Morgan fingerprint density at radius 1 is 0.833 bits per heavy atom. The van der Waals surface area contributed by atoms with Gasteiger partial charge in [0.1, 0.15) is 4.60 Å². The number of amides is 1. The first-order valence-electron chi connectivity index (χ1n) is 6.98. The van der Waals surface area contributed by atoms with Gasteiger partial charge >= 0.3 is 0 Å². The number of halogens is 3. The molecular formula is C18H11Br3N2O. The Labute approximate surface area is 164 Å². The highest BCUT2D eigenvalue weighted by Gasteiger charge is 2.17. The first-order chi connectivity index (χ1) is 11.5. The van der Waals surface area contributed by atoms with E-state index >= 15 is 0 Å². The molecule has 0 bridgehead atoms. The van der Waals surface area contributed by atoms with E-state index in [1.807, 2.05) is 54.6 Å². The molecule has 2 N–H and O–H groups in total. The van der Waals surface area contributed by atoms with Crippen molar-refractivity contribution >= 4 is 53.7 Å². The van der Waals surface area contributed by atoms with Crippen LogP contribution in [0.5, 0.6) is 0 Å². The average molecular weight is 511 g/mol. The summed E-state index contributed by atoms with van der Waals surface area (Å²) < 4.78 is 2.40. The summed E-state index contributed by atoms with van der Waals surface area (Å²) in [4.78, 5) is 16.4. The number of rotatable bonds is 3. The molecule has 3 nitrogen and oxygen atoms in total. The van der Waals surface area contributed by atoms with Gasteiger partial charge in [0.05, 0.1) is 11.3 Å². The molecule has 1 aromatic heterocycles. The van der Waals surface area contributed by atoms with E-state index in [4.69, 9.17) is 5.73 Å². The van der Waals surface area contributed by atoms with Crippen molar-refractivity contribution in [2.24, 2.45) is 5.73 Å². The van der Waals surface area contributed by atoms with Crippen LogP contribution in [0.25, 0.3) is 22.4 Å². The van der Waals surface area contributed by atoms with E-state index in [0.29, 0.717) is 10.2 Å². The number of carbonyl (C=O) groups is 1.